The Bertz CT molecular complexity index is 313. The van der Waals surface area contributed by atoms with Gasteiger partial charge in [-0.3, -0.25) is 0 Å². The van der Waals surface area contributed by atoms with Crippen LogP contribution in [0.1, 0.15) is 13.3 Å². The van der Waals surface area contributed by atoms with Crippen molar-refractivity contribution in [1.29, 1.82) is 0 Å². The molecule has 2 N–H and O–H groups in total. The molecule has 76 valence electrons. The largest absolute Gasteiger partial charge is 0.480 e. The van der Waals surface area contributed by atoms with Gasteiger partial charge in [-0.2, -0.15) is 4.39 Å². The first kappa shape index (κ1) is 10.4. The van der Waals surface area contributed by atoms with E-state index in [0.717, 1.165) is 0 Å². The zero-order valence-electron chi connectivity index (χ0n) is 7.70. The van der Waals surface area contributed by atoms with Crippen LogP contribution in [0.25, 0.3) is 0 Å². The molecule has 0 saturated heterocycles. The highest BCUT2D eigenvalue weighted by Crippen LogP contribution is 2.08. The molecule has 0 bridgehead atoms. The maximum Gasteiger partial charge on any atom is 0.326 e. The summed E-state index contributed by atoms with van der Waals surface area (Å²) in [5, 5.41) is 11.5. The first-order chi connectivity index (χ1) is 6.63. The molecule has 14 heavy (non-hydrogen) atoms. The second-order valence-electron chi connectivity index (χ2n) is 2.81. The van der Waals surface area contributed by atoms with E-state index >= 15 is 0 Å². The Hall–Kier alpha value is -1.65. The summed E-state index contributed by atoms with van der Waals surface area (Å²) in [5.74, 6) is -1.52. The maximum atomic E-state index is 12.4. The van der Waals surface area contributed by atoms with E-state index < -0.39 is 18.0 Å². The first-order valence-corrected chi connectivity index (χ1v) is 4.24. The number of nitrogens with zero attached hydrogens (tertiary/aromatic N) is 1. The normalized spacial score (nSPS) is 12.1. The molecule has 1 unspecified atom stereocenters. The van der Waals surface area contributed by atoms with Crippen LogP contribution < -0.4 is 5.32 Å². The molecular weight excluding hydrogens is 187 g/mol. The Balaban J connectivity index is 2.67. The number of carbonyl (C=O) groups is 1. The molecule has 0 saturated carbocycles. The van der Waals surface area contributed by atoms with E-state index in [1.54, 1.807) is 6.92 Å². The van der Waals surface area contributed by atoms with E-state index in [-0.39, 0.29) is 0 Å². The fourth-order valence-electron chi connectivity index (χ4n) is 1.00. The fraction of sp³-hybridized carbons (Fsp3) is 0.333. The SMILES string of the molecule is CCC(Nc1ccc(F)nc1)C(=O)O. The molecule has 0 radical (unpaired) electrons. The first-order valence-electron chi connectivity index (χ1n) is 4.24. The quantitative estimate of drug-likeness (QED) is 0.719. The lowest BCUT2D eigenvalue weighted by Gasteiger charge is -2.12. The summed E-state index contributed by atoms with van der Waals surface area (Å²) < 4.78 is 12.4. The third-order valence-corrected chi connectivity index (χ3v) is 1.77. The van der Waals surface area contributed by atoms with Crippen LogP contribution in [-0.2, 0) is 4.79 Å². The van der Waals surface area contributed by atoms with Crippen molar-refractivity contribution in [2.45, 2.75) is 19.4 Å². The van der Waals surface area contributed by atoms with Crippen molar-refractivity contribution in [1.82, 2.24) is 4.98 Å². The van der Waals surface area contributed by atoms with Gasteiger partial charge in [-0.05, 0) is 18.6 Å². The second-order valence-corrected chi connectivity index (χ2v) is 2.81. The average Bonchev–Trinajstić information content (AvgIpc) is 2.16. The molecule has 1 aromatic heterocycles. The van der Waals surface area contributed by atoms with Crippen LogP contribution in [0.4, 0.5) is 10.1 Å². The monoisotopic (exact) mass is 198 g/mol. The van der Waals surface area contributed by atoms with Gasteiger partial charge in [0.15, 0.2) is 0 Å². The number of hydrogen-bond acceptors (Lipinski definition) is 3. The smallest absolute Gasteiger partial charge is 0.326 e. The average molecular weight is 198 g/mol. The van der Waals surface area contributed by atoms with Crippen LogP contribution in [-0.4, -0.2) is 22.1 Å². The number of carboxylic acid groups (broad SMARTS) is 1. The van der Waals surface area contributed by atoms with E-state index in [1.165, 1.54) is 18.3 Å². The molecule has 1 aromatic rings. The van der Waals surface area contributed by atoms with E-state index in [1.807, 2.05) is 0 Å². The highest BCUT2D eigenvalue weighted by Gasteiger charge is 2.13. The van der Waals surface area contributed by atoms with Crippen LogP contribution >= 0.6 is 0 Å². The van der Waals surface area contributed by atoms with Gasteiger partial charge in [-0.25, -0.2) is 9.78 Å². The van der Waals surface area contributed by atoms with Crippen molar-refractivity contribution in [3.63, 3.8) is 0 Å². The van der Waals surface area contributed by atoms with Crippen molar-refractivity contribution >= 4 is 11.7 Å². The Labute approximate surface area is 80.8 Å². The number of aliphatic carboxylic acids is 1. The molecular formula is C9H11FN2O2. The highest BCUT2D eigenvalue weighted by atomic mass is 19.1. The van der Waals surface area contributed by atoms with Gasteiger partial charge >= 0.3 is 5.97 Å². The minimum atomic E-state index is -0.933. The molecule has 0 fully saturated rings. The molecule has 1 atom stereocenters. The van der Waals surface area contributed by atoms with Gasteiger partial charge in [-0.15, -0.1) is 0 Å². The molecule has 0 spiro atoms. The number of aromatic nitrogens is 1. The van der Waals surface area contributed by atoms with Crippen LogP contribution in [0, 0.1) is 5.95 Å². The Morgan fingerprint density at radius 3 is 2.86 bits per heavy atom. The van der Waals surface area contributed by atoms with Crippen molar-refractivity contribution in [3.05, 3.63) is 24.3 Å². The molecule has 5 heteroatoms. The molecule has 4 nitrogen and oxygen atoms in total. The molecule has 0 aliphatic rings. The summed E-state index contributed by atoms with van der Waals surface area (Å²) in [7, 11) is 0. The Morgan fingerprint density at radius 1 is 1.71 bits per heavy atom. The van der Waals surface area contributed by atoms with Crippen LogP contribution in [0.3, 0.4) is 0 Å². The van der Waals surface area contributed by atoms with E-state index in [2.05, 4.69) is 10.3 Å². The summed E-state index contributed by atoms with van der Waals surface area (Å²) in [4.78, 5) is 14.0. The highest BCUT2D eigenvalue weighted by molar-refractivity contribution is 5.77. The zero-order valence-corrected chi connectivity index (χ0v) is 7.70. The Kier molecular flexibility index (Phi) is 3.39. The van der Waals surface area contributed by atoms with E-state index in [0.29, 0.717) is 12.1 Å². The number of carboxylic acids is 1. The number of anilines is 1. The lowest BCUT2D eigenvalue weighted by atomic mass is 10.2. The predicted octanol–water partition coefficient (Wildman–Crippen LogP) is 1.50. The molecule has 0 amide bonds. The summed E-state index contributed by atoms with van der Waals surface area (Å²) in [6.45, 7) is 1.75. The van der Waals surface area contributed by atoms with E-state index in [4.69, 9.17) is 5.11 Å². The third kappa shape index (κ3) is 2.69. The molecule has 0 aliphatic heterocycles. The molecule has 0 aromatic carbocycles. The fourth-order valence-corrected chi connectivity index (χ4v) is 1.00. The number of halogens is 1. The standard InChI is InChI=1S/C9H11FN2O2/c1-2-7(9(13)14)12-6-3-4-8(10)11-5-6/h3-5,7,12H,2H2,1H3,(H,13,14). The Morgan fingerprint density at radius 2 is 2.43 bits per heavy atom. The summed E-state index contributed by atoms with van der Waals surface area (Å²) in [6.07, 6.45) is 1.72. The minimum Gasteiger partial charge on any atom is -0.480 e. The summed E-state index contributed by atoms with van der Waals surface area (Å²) in [6, 6.07) is 1.97. The van der Waals surface area contributed by atoms with Crippen LogP contribution in [0.15, 0.2) is 18.3 Å². The molecule has 0 aliphatic carbocycles. The van der Waals surface area contributed by atoms with Crippen LogP contribution in [0.2, 0.25) is 0 Å². The maximum absolute atomic E-state index is 12.4. The van der Waals surface area contributed by atoms with E-state index in [9.17, 15) is 9.18 Å². The third-order valence-electron chi connectivity index (χ3n) is 1.77. The van der Waals surface area contributed by atoms with Gasteiger partial charge in [0.25, 0.3) is 0 Å². The van der Waals surface area contributed by atoms with Crippen LogP contribution in [0.5, 0.6) is 0 Å². The lowest BCUT2D eigenvalue weighted by molar-refractivity contribution is -0.137. The van der Waals surface area contributed by atoms with Gasteiger partial charge in [-0.1, -0.05) is 6.92 Å². The summed E-state index contributed by atoms with van der Waals surface area (Å²) >= 11 is 0. The second kappa shape index (κ2) is 4.55. The molecule has 1 rings (SSSR count). The number of rotatable bonds is 4. The van der Waals surface area contributed by atoms with Gasteiger partial charge in [0, 0.05) is 0 Å². The van der Waals surface area contributed by atoms with Gasteiger partial charge in [0.05, 0.1) is 11.9 Å². The lowest BCUT2D eigenvalue weighted by Crippen LogP contribution is -2.28. The molecule has 1 heterocycles. The van der Waals surface area contributed by atoms with Crippen molar-refractivity contribution in [2.24, 2.45) is 0 Å². The summed E-state index contributed by atoms with van der Waals surface area (Å²) in [5.41, 5.74) is 0.501. The van der Waals surface area contributed by atoms with Crippen molar-refractivity contribution in [3.8, 4) is 0 Å². The zero-order chi connectivity index (χ0) is 10.6. The number of hydrogen-bond donors (Lipinski definition) is 2. The number of nitrogens with one attached hydrogen (secondary N) is 1. The van der Waals surface area contributed by atoms with Gasteiger partial charge in [0.1, 0.15) is 6.04 Å². The predicted molar refractivity (Wildman–Crippen MR) is 49.5 cm³/mol. The topological polar surface area (TPSA) is 62.2 Å². The number of pyridine rings is 1. The van der Waals surface area contributed by atoms with Gasteiger partial charge in [0.2, 0.25) is 5.95 Å². The van der Waals surface area contributed by atoms with Crippen molar-refractivity contribution < 1.29 is 14.3 Å². The van der Waals surface area contributed by atoms with Crippen molar-refractivity contribution in [2.75, 3.05) is 5.32 Å². The van der Waals surface area contributed by atoms with Gasteiger partial charge < -0.3 is 10.4 Å². The minimum absolute atomic E-state index is 0.451.